The van der Waals surface area contributed by atoms with Crippen LogP contribution in [0.25, 0.3) is 0 Å². The molecule has 1 rings (SSSR count). The van der Waals surface area contributed by atoms with Gasteiger partial charge in [0.05, 0.1) is 19.2 Å². The number of rotatable bonds is 5. The first-order valence-electron chi connectivity index (χ1n) is 4.40. The van der Waals surface area contributed by atoms with Gasteiger partial charge in [0, 0.05) is 0 Å². The van der Waals surface area contributed by atoms with Gasteiger partial charge in [-0.2, -0.15) is 0 Å². The van der Waals surface area contributed by atoms with E-state index >= 15 is 0 Å². The third-order valence-electron chi connectivity index (χ3n) is 1.72. The van der Waals surface area contributed by atoms with Crippen LogP contribution in [0.15, 0.2) is 15.7 Å². The summed E-state index contributed by atoms with van der Waals surface area (Å²) in [6.45, 7) is -0.240. The van der Waals surface area contributed by atoms with Crippen LogP contribution in [0.5, 0.6) is 5.88 Å². The zero-order valence-corrected chi connectivity index (χ0v) is 8.30. The van der Waals surface area contributed by atoms with Crippen LogP contribution in [-0.4, -0.2) is 33.8 Å². The van der Waals surface area contributed by atoms with Gasteiger partial charge in [-0.05, 0) is 0 Å². The van der Waals surface area contributed by atoms with E-state index in [4.69, 9.17) is 10.5 Å². The van der Waals surface area contributed by atoms with Gasteiger partial charge in [0.1, 0.15) is 6.61 Å². The number of nitrogens with two attached hydrogens (primary N) is 1. The number of hydrogen-bond acceptors (Lipinski definition) is 5. The number of amides is 1. The molecule has 8 nitrogen and oxygen atoms in total. The van der Waals surface area contributed by atoms with Gasteiger partial charge in [-0.15, -0.1) is 0 Å². The van der Waals surface area contributed by atoms with Crippen molar-refractivity contribution in [1.82, 2.24) is 9.55 Å². The zero-order valence-electron chi connectivity index (χ0n) is 8.30. The molecule has 0 unspecified atom stereocenters. The Kier molecular flexibility index (Phi) is 3.84. The van der Waals surface area contributed by atoms with Crippen molar-refractivity contribution in [2.24, 2.45) is 5.73 Å². The molecule has 0 aliphatic rings. The highest BCUT2D eigenvalue weighted by Gasteiger charge is 2.04. The molecule has 8 heteroatoms. The number of aromatic amines is 1. The zero-order chi connectivity index (χ0) is 12.1. The lowest BCUT2D eigenvalue weighted by molar-refractivity contribution is -0.122. The summed E-state index contributed by atoms with van der Waals surface area (Å²) in [7, 11) is 0. The minimum absolute atomic E-state index is 0.00866. The number of aromatic nitrogens is 2. The Bertz CT molecular complexity index is 489. The first-order chi connectivity index (χ1) is 7.50. The van der Waals surface area contributed by atoms with Gasteiger partial charge >= 0.3 is 5.69 Å². The average Bonchev–Trinajstić information content (AvgIpc) is 2.14. The quantitative estimate of drug-likeness (QED) is 0.491. The molecule has 1 heterocycles. The second-order valence-electron chi connectivity index (χ2n) is 2.97. The Morgan fingerprint density at radius 2 is 2.25 bits per heavy atom. The number of ether oxygens (including phenoxy) is 1. The molecule has 0 saturated carbocycles. The average molecular weight is 229 g/mol. The summed E-state index contributed by atoms with van der Waals surface area (Å²) in [6.07, 6.45) is 0. The number of primary amides is 1. The van der Waals surface area contributed by atoms with Gasteiger partial charge < -0.3 is 15.6 Å². The summed E-state index contributed by atoms with van der Waals surface area (Å²) < 4.78 is 5.71. The predicted octanol–water partition coefficient (Wildman–Crippen LogP) is -2.26. The molecule has 0 bridgehead atoms. The largest absolute Gasteiger partial charge is 0.494 e. The van der Waals surface area contributed by atoms with Crippen molar-refractivity contribution in [3.8, 4) is 5.88 Å². The minimum Gasteiger partial charge on any atom is -0.494 e. The lowest BCUT2D eigenvalue weighted by Crippen LogP contribution is -2.30. The molecule has 0 fully saturated rings. The van der Waals surface area contributed by atoms with Crippen molar-refractivity contribution < 1.29 is 14.6 Å². The molecule has 0 spiro atoms. The third kappa shape index (κ3) is 3.24. The van der Waals surface area contributed by atoms with Gasteiger partial charge in [-0.25, -0.2) is 4.79 Å². The maximum atomic E-state index is 11.2. The highest BCUT2D eigenvalue weighted by atomic mass is 16.5. The number of carbonyl (C=O) groups is 1. The molecule has 1 aromatic heterocycles. The van der Waals surface area contributed by atoms with Crippen LogP contribution in [0, 0.1) is 0 Å². The maximum Gasteiger partial charge on any atom is 0.331 e. The lowest BCUT2D eigenvalue weighted by atomic mass is 10.5. The van der Waals surface area contributed by atoms with Crippen molar-refractivity contribution in [3.63, 3.8) is 0 Å². The Labute approximate surface area is 89.3 Å². The molecule has 1 amide bonds. The van der Waals surface area contributed by atoms with E-state index in [-0.39, 0.29) is 19.8 Å². The number of nitrogens with zero attached hydrogens (tertiary/aromatic N) is 1. The maximum absolute atomic E-state index is 11.2. The number of hydrogen-bond donors (Lipinski definition) is 3. The molecule has 0 aliphatic heterocycles. The van der Waals surface area contributed by atoms with E-state index in [2.05, 4.69) is 0 Å². The molecule has 0 saturated heterocycles. The molecule has 0 radical (unpaired) electrons. The van der Waals surface area contributed by atoms with Crippen molar-refractivity contribution in [2.75, 3.05) is 13.2 Å². The van der Waals surface area contributed by atoms with Crippen LogP contribution in [0.4, 0.5) is 0 Å². The van der Waals surface area contributed by atoms with Crippen LogP contribution < -0.4 is 17.0 Å². The van der Waals surface area contributed by atoms with E-state index in [1.54, 1.807) is 0 Å². The number of aromatic hydroxyl groups is 1. The number of nitrogens with one attached hydrogen (secondary N) is 1. The second kappa shape index (κ2) is 5.12. The first-order valence-corrected chi connectivity index (χ1v) is 4.40. The Balaban J connectivity index is 2.64. The highest BCUT2D eigenvalue weighted by molar-refractivity contribution is 5.74. The van der Waals surface area contributed by atoms with Crippen LogP contribution in [0.3, 0.4) is 0 Å². The van der Waals surface area contributed by atoms with E-state index in [0.29, 0.717) is 0 Å². The monoisotopic (exact) mass is 229 g/mol. The SMILES string of the molecule is NC(=O)COCCn1c(O)cc(=O)[nH]c1=O. The van der Waals surface area contributed by atoms with Crippen molar-refractivity contribution in [3.05, 3.63) is 26.9 Å². The van der Waals surface area contributed by atoms with E-state index in [1.165, 1.54) is 0 Å². The van der Waals surface area contributed by atoms with Crippen molar-refractivity contribution >= 4 is 5.91 Å². The molecule has 88 valence electrons. The summed E-state index contributed by atoms with van der Waals surface area (Å²) in [5.74, 6) is -1.09. The van der Waals surface area contributed by atoms with E-state index in [1.807, 2.05) is 4.98 Å². The summed E-state index contributed by atoms with van der Waals surface area (Å²) in [6, 6.07) is 0.871. The molecular formula is C8H11N3O5. The van der Waals surface area contributed by atoms with Crippen LogP contribution in [-0.2, 0) is 16.1 Å². The van der Waals surface area contributed by atoms with E-state index in [9.17, 15) is 19.5 Å². The van der Waals surface area contributed by atoms with Gasteiger partial charge in [0.15, 0.2) is 0 Å². The van der Waals surface area contributed by atoms with Crippen LogP contribution in [0.1, 0.15) is 0 Å². The highest BCUT2D eigenvalue weighted by Crippen LogP contribution is 1.99. The fourth-order valence-corrected chi connectivity index (χ4v) is 1.05. The summed E-state index contributed by atoms with van der Waals surface area (Å²) >= 11 is 0. The molecular weight excluding hydrogens is 218 g/mol. The Morgan fingerprint density at radius 3 is 2.81 bits per heavy atom. The Morgan fingerprint density at radius 1 is 1.56 bits per heavy atom. The first kappa shape index (κ1) is 12.0. The summed E-state index contributed by atoms with van der Waals surface area (Å²) in [5.41, 5.74) is 3.40. The van der Waals surface area contributed by atoms with E-state index in [0.717, 1.165) is 10.6 Å². The fraction of sp³-hybridized carbons (Fsp3) is 0.375. The Hall–Kier alpha value is -2.09. The third-order valence-corrected chi connectivity index (χ3v) is 1.72. The van der Waals surface area contributed by atoms with E-state index < -0.39 is 23.0 Å². The van der Waals surface area contributed by atoms with Crippen LogP contribution in [0.2, 0.25) is 0 Å². The van der Waals surface area contributed by atoms with Gasteiger partial charge in [-0.1, -0.05) is 0 Å². The molecule has 4 N–H and O–H groups in total. The molecule has 0 aromatic carbocycles. The van der Waals surface area contributed by atoms with Gasteiger partial charge in [0.25, 0.3) is 5.56 Å². The second-order valence-corrected chi connectivity index (χ2v) is 2.97. The molecule has 0 aliphatic carbocycles. The molecule has 1 aromatic rings. The lowest BCUT2D eigenvalue weighted by Gasteiger charge is -2.06. The minimum atomic E-state index is -0.743. The summed E-state index contributed by atoms with van der Waals surface area (Å²) in [5, 5.41) is 9.28. The number of carbonyl (C=O) groups excluding carboxylic acids is 1. The van der Waals surface area contributed by atoms with Gasteiger partial charge in [-0.3, -0.25) is 19.1 Å². The van der Waals surface area contributed by atoms with Crippen molar-refractivity contribution in [2.45, 2.75) is 6.54 Å². The topological polar surface area (TPSA) is 127 Å². The number of H-pyrrole nitrogens is 1. The van der Waals surface area contributed by atoms with Crippen LogP contribution >= 0.6 is 0 Å². The van der Waals surface area contributed by atoms with Gasteiger partial charge in [0.2, 0.25) is 11.8 Å². The fourth-order valence-electron chi connectivity index (χ4n) is 1.05. The molecule has 0 atom stereocenters. The predicted molar refractivity (Wildman–Crippen MR) is 53.0 cm³/mol. The van der Waals surface area contributed by atoms with Crippen molar-refractivity contribution in [1.29, 1.82) is 0 Å². The summed E-state index contributed by atoms with van der Waals surface area (Å²) in [4.78, 5) is 34.2. The standard InChI is InChI=1S/C8H11N3O5/c9-5(12)4-16-2-1-11-7(14)3-6(13)10-8(11)15/h3,14H,1-2,4H2,(H2,9,12)(H,10,13,15). The smallest absolute Gasteiger partial charge is 0.331 e. The molecule has 16 heavy (non-hydrogen) atoms. The normalized spacial score (nSPS) is 10.2.